The second-order valence-corrected chi connectivity index (χ2v) is 6.05. The van der Waals surface area contributed by atoms with E-state index in [2.05, 4.69) is 10.6 Å². The lowest BCUT2D eigenvalue weighted by Crippen LogP contribution is -2.30. The van der Waals surface area contributed by atoms with Crippen molar-refractivity contribution < 1.29 is 19.0 Å². The maximum atomic E-state index is 12.1. The molecule has 2 N–H and O–H groups in total. The number of methoxy groups -OCH3 is 3. The van der Waals surface area contributed by atoms with E-state index in [-0.39, 0.29) is 6.03 Å². The Morgan fingerprint density at radius 2 is 1.65 bits per heavy atom. The molecule has 6 nitrogen and oxygen atoms in total. The first-order valence-corrected chi connectivity index (χ1v) is 8.46. The van der Waals surface area contributed by atoms with Crippen molar-refractivity contribution in [2.45, 2.75) is 13.3 Å². The number of ether oxygens (including phenoxy) is 3. The van der Waals surface area contributed by atoms with Crippen LogP contribution in [0, 0.1) is 6.92 Å². The van der Waals surface area contributed by atoms with E-state index >= 15 is 0 Å². The van der Waals surface area contributed by atoms with Gasteiger partial charge >= 0.3 is 6.03 Å². The van der Waals surface area contributed by atoms with E-state index in [1.807, 2.05) is 13.0 Å². The quantitative estimate of drug-likeness (QED) is 0.763. The number of halogens is 1. The third kappa shape index (κ3) is 4.95. The second kappa shape index (κ2) is 9.20. The molecule has 0 unspecified atom stereocenters. The fourth-order valence-electron chi connectivity index (χ4n) is 2.53. The molecule has 0 fully saturated rings. The summed E-state index contributed by atoms with van der Waals surface area (Å²) in [6.45, 7) is 2.32. The number of amides is 2. The lowest BCUT2D eigenvalue weighted by Gasteiger charge is -2.15. The van der Waals surface area contributed by atoms with Gasteiger partial charge in [0, 0.05) is 23.3 Å². The van der Waals surface area contributed by atoms with Gasteiger partial charge in [-0.1, -0.05) is 11.6 Å². The van der Waals surface area contributed by atoms with Gasteiger partial charge in [0.1, 0.15) is 5.75 Å². The van der Waals surface area contributed by atoms with E-state index in [1.54, 1.807) is 45.6 Å². The van der Waals surface area contributed by atoms with E-state index in [9.17, 15) is 4.79 Å². The van der Waals surface area contributed by atoms with E-state index < -0.39 is 0 Å². The van der Waals surface area contributed by atoms with E-state index in [1.165, 1.54) is 0 Å². The topological polar surface area (TPSA) is 68.8 Å². The summed E-state index contributed by atoms with van der Waals surface area (Å²) in [5, 5.41) is 6.27. The second-order valence-electron chi connectivity index (χ2n) is 5.61. The molecule has 0 aliphatic heterocycles. The Labute approximate surface area is 158 Å². The van der Waals surface area contributed by atoms with Crippen LogP contribution in [0.3, 0.4) is 0 Å². The highest BCUT2D eigenvalue weighted by Gasteiger charge is 2.12. The zero-order valence-electron chi connectivity index (χ0n) is 15.3. The van der Waals surface area contributed by atoms with E-state index in [4.69, 9.17) is 25.8 Å². The number of anilines is 1. The first-order valence-electron chi connectivity index (χ1n) is 8.08. The van der Waals surface area contributed by atoms with Gasteiger partial charge in [-0.2, -0.15) is 0 Å². The third-order valence-corrected chi connectivity index (χ3v) is 4.14. The Bertz CT molecular complexity index is 780. The van der Waals surface area contributed by atoms with Crippen LogP contribution in [-0.4, -0.2) is 33.9 Å². The monoisotopic (exact) mass is 378 g/mol. The third-order valence-electron chi connectivity index (χ3n) is 3.90. The molecule has 0 aromatic heterocycles. The summed E-state index contributed by atoms with van der Waals surface area (Å²) < 4.78 is 16.0. The molecule has 0 aliphatic rings. The summed E-state index contributed by atoms with van der Waals surface area (Å²) in [5.41, 5.74) is 2.53. The van der Waals surface area contributed by atoms with Crippen LogP contribution in [-0.2, 0) is 6.42 Å². The van der Waals surface area contributed by atoms with Crippen molar-refractivity contribution in [2.75, 3.05) is 33.2 Å². The van der Waals surface area contributed by atoms with Gasteiger partial charge in [-0.15, -0.1) is 0 Å². The molecule has 0 heterocycles. The van der Waals surface area contributed by atoms with Crippen LogP contribution in [0.25, 0.3) is 0 Å². The molecule has 2 aromatic carbocycles. The van der Waals surface area contributed by atoms with Crippen LogP contribution >= 0.6 is 11.6 Å². The summed E-state index contributed by atoms with van der Waals surface area (Å²) in [4.78, 5) is 12.1. The van der Waals surface area contributed by atoms with Gasteiger partial charge in [0.15, 0.2) is 11.5 Å². The molecule has 0 aliphatic carbocycles. The van der Waals surface area contributed by atoms with Gasteiger partial charge in [0.2, 0.25) is 0 Å². The van der Waals surface area contributed by atoms with Gasteiger partial charge in [0.05, 0.1) is 21.3 Å². The fraction of sp³-hybridized carbons (Fsp3) is 0.316. The summed E-state index contributed by atoms with van der Waals surface area (Å²) in [7, 11) is 4.74. The summed E-state index contributed by atoms with van der Waals surface area (Å²) in [5.74, 6) is 1.89. The van der Waals surface area contributed by atoms with Crippen molar-refractivity contribution in [3.8, 4) is 17.2 Å². The van der Waals surface area contributed by atoms with Crippen LogP contribution in [0.1, 0.15) is 11.1 Å². The Hall–Kier alpha value is -2.60. The summed E-state index contributed by atoms with van der Waals surface area (Å²) >= 11 is 5.92. The van der Waals surface area contributed by atoms with Gasteiger partial charge in [-0.3, -0.25) is 0 Å². The largest absolute Gasteiger partial charge is 0.496 e. The summed E-state index contributed by atoms with van der Waals surface area (Å²) in [6, 6.07) is 8.64. The minimum atomic E-state index is -0.283. The predicted molar refractivity (Wildman–Crippen MR) is 103 cm³/mol. The Balaban J connectivity index is 1.97. The van der Waals surface area contributed by atoms with Crippen molar-refractivity contribution in [2.24, 2.45) is 0 Å². The number of carbonyl (C=O) groups is 1. The molecular weight excluding hydrogens is 356 g/mol. The molecule has 0 bridgehead atoms. The maximum absolute atomic E-state index is 12.1. The van der Waals surface area contributed by atoms with Gasteiger partial charge in [-0.25, -0.2) is 4.79 Å². The molecule has 7 heteroatoms. The average Bonchev–Trinajstić information content (AvgIpc) is 2.63. The predicted octanol–water partition coefficient (Wildman–Crippen LogP) is 4.04. The van der Waals surface area contributed by atoms with Crippen molar-refractivity contribution in [3.63, 3.8) is 0 Å². The van der Waals surface area contributed by atoms with Gasteiger partial charge < -0.3 is 24.8 Å². The number of hydrogen-bond acceptors (Lipinski definition) is 4. The molecule has 0 saturated heterocycles. The Kier molecular flexibility index (Phi) is 6.97. The first kappa shape index (κ1) is 19.7. The molecule has 0 radical (unpaired) electrons. The molecule has 26 heavy (non-hydrogen) atoms. The SMILES string of the molecule is COc1cc(OC)c(OC)cc1CCNC(=O)Nc1ccc(Cl)cc1C. The number of hydrogen-bond donors (Lipinski definition) is 2. The van der Waals surface area contributed by atoms with Crippen LogP contribution in [0.5, 0.6) is 17.2 Å². The van der Waals surface area contributed by atoms with Crippen LogP contribution in [0.2, 0.25) is 5.02 Å². The normalized spacial score (nSPS) is 10.2. The van der Waals surface area contributed by atoms with Crippen LogP contribution in [0.4, 0.5) is 10.5 Å². The zero-order chi connectivity index (χ0) is 19.1. The molecule has 140 valence electrons. The summed E-state index contributed by atoms with van der Waals surface area (Å²) in [6.07, 6.45) is 0.580. The number of carbonyl (C=O) groups excluding carboxylic acids is 1. The van der Waals surface area contributed by atoms with Crippen molar-refractivity contribution in [1.29, 1.82) is 0 Å². The number of nitrogens with one attached hydrogen (secondary N) is 2. The standard InChI is InChI=1S/C19H23ClN2O4/c1-12-9-14(20)5-6-15(12)22-19(23)21-8-7-13-10-17(25-3)18(26-4)11-16(13)24-2/h5-6,9-11H,7-8H2,1-4H3,(H2,21,22,23). The maximum Gasteiger partial charge on any atom is 0.319 e. The molecule has 2 amide bonds. The highest BCUT2D eigenvalue weighted by molar-refractivity contribution is 6.30. The Morgan fingerprint density at radius 3 is 2.27 bits per heavy atom. The molecule has 2 aromatic rings. The van der Waals surface area contributed by atoms with Crippen LogP contribution < -0.4 is 24.8 Å². The number of aryl methyl sites for hydroxylation is 1. The smallest absolute Gasteiger partial charge is 0.319 e. The average molecular weight is 379 g/mol. The molecule has 2 rings (SSSR count). The highest BCUT2D eigenvalue weighted by atomic mass is 35.5. The van der Waals surface area contributed by atoms with Crippen molar-refractivity contribution in [1.82, 2.24) is 5.32 Å². The fourth-order valence-corrected chi connectivity index (χ4v) is 2.76. The van der Waals surface area contributed by atoms with E-state index in [0.717, 1.165) is 16.8 Å². The zero-order valence-corrected chi connectivity index (χ0v) is 16.1. The molecule has 0 spiro atoms. The van der Waals surface area contributed by atoms with E-state index in [0.29, 0.717) is 35.2 Å². The number of urea groups is 1. The lowest BCUT2D eigenvalue weighted by atomic mass is 10.1. The first-order chi connectivity index (χ1) is 12.5. The van der Waals surface area contributed by atoms with Gasteiger partial charge in [0.25, 0.3) is 0 Å². The minimum Gasteiger partial charge on any atom is -0.496 e. The van der Waals surface area contributed by atoms with Crippen molar-refractivity contribution >= 4 is 23.3 Å². The Morgan fingerprint density at radius 1 is 1.00 bits per heavy atom. The van der Waals surface area contributed by atoms with Gasteiger partial charge in [-0.05, 0) is 48.7 Å². The number of benzene rings is 2. The van der Waals surface area contributed by atoms with Crippen molar-refractivity contribution in [3.05, 3.63) is 46.5 Å². The number of rotatable bonds is 7. The highest BCUT2D eigenvalue weighted by Crippen LogP contribution is 2.34. The molecule has 0 saturated carbocycles. The van der Waals surface area contributed by atoms with Crippen LogP contribution in [0.15, 0.2) is 30.3 Å². The molecule has 0 atom stereocenters. The minimum absolute atomic E-state index is 0.283. The lowest BCUT2D eigenvalue weighted by molar-refractivity contribution is 0.252. The molecular formula is C19H23ClN2O4.